The summed E-state index contributed by atoms with van der Waals surface area (Å²) in [6.45, 7) is 6.75. The Labute approximate surface area is 76.1 Å². The molecule has 0 aromatic carbocycles. The third-order valence-electron chi connectivity index (χ3n) is 2.29. The van der Waals surface area contributed by atoms with Crippen LogP contribution in [0.25, 0.3) is 0 Å². The largest absolute Gasteiger partial charge is 0.306 e. The first kappa shape index (κ1) is 9.61. The number of rotatable bonds is 0. The van der Waals surface area contributed by atoms with E-state index >= 15 is 0 Å². The summed E-state index contributed by atoms with van der Waals surface area (Å²) in [4.78, 5) is 2.38. The van der Waals surface area contributed by atoms with Crippen LogP contribution in [-0.2, 0) is 0 Å². The first-order chi connectivity index (χ1) is 5.68. The van der Waals surface area contributed by atoms with Crippen LogP contribution in [0.4, 0.5) is 0 Å². The smallest absolute Gasteiger partial charge is 0.0227 e. The Balaban J connectivity index is 2.32. The molecule has 68 valence electrons. The molecule has 0 N–H and O–H groups in total. The third kappa shape index (κ3) is 3.28. The van der Waals surface area contributed by atoms with E-state index in [0.717, 1.165) is 0 Å². The van der Waals surface area contributed by atoms with Gasteiger partial charge in [0.2, 0.25) is 0 Å². The van der Waals surface area contributed by atoms with Gasteiger partial charge in [-0.1, -0.05) is 19.8 Å². The van der Waals surface area contributed by atoms with Crippen molar-refractivity contribution in [3.8, 4) is 11.8 Å². The maximum atomic E-state index is 3.36. The van der Waals surface area contributed by atoms with Crippen LogP contribution in [0.3, 0.4) is 0 Å². The minimum atomic E-state index is 0.532. The lowest BCUT2D eigenvalue weighted by molar-refractivity contribution is 0.248. The molecule has 0 amide bonds. The summed E-state index contributed by atoms with van der Waals surface area (Å²) >= 11 is 0. The molecule has 0 aliphatic carbocycles. The Bertz CT molecular complexity index is 177. The van der Waals surface area contributed by atoms with Crippen molar-refractivity contribution >= 4 is 0 Å². The van der Waals surface area contributed by atoms with Crippen LogP contribution in [0.2, 0.25) is 0 Å². The second-order valence-corrected chi connectivity index (χ2v) is 4.02. The van der Waals surface area contributed by atoms with Crippen molar-refractivity contribution in [2.24, 2.45) is 11.8 Å². The van der Waals surface area contributed by atoms with Crippen molar-refractivity contribution in [2.75, 3.05) is 20.1 Å². The molecule has 0 saturated carbocycles. The summed E-state index contributed by atoms with van der Waals surface area (Å²) in [6.07, 6.45) is 2.52. The summed E-state index contributed by atoms with van der Waals surface area (Å²) in [5.41, 5.74) is 0. The van der Waals surface area contributed by atoms with Gasteiger partial charge in [-0.15, -0.1) is 5.92 Å². The molecule has 0 aromatic rings. The number of nitrogens with zero attached hydrogens (tertiary/aromatic N) is 1. The Morgan fingerprint density at radius 2 is 1.83 bits per heavy atom. The molecule has 1 heterocycles. The lowest BCUT2D eigenvalue weighted by Gasteiger charge is -2.25. The average molecular weight is 165 g/mol. The van der Waals surface area contributed by atoms with Gasteiger partial charge >= 0.3 is 0 Å². The van der Waals surface area contributed by atoms with Gasteiger partial charge < -0.3 is 4.90 Å². The van der Waals surface area contributed by atoms with Gasteiger partial charge in [-0.25, -0.2) is 0 Å². The summed E-state index contributed by atoms with van der Waals surface area (Å²) in [5, 5.41) is 0. The molecule has 0 unspecified atom stereocenters. The molecular weight excluding hydrogens is 146 g/mol. The fraction of sp³-hybridized carbons (Fsp3) is 0.818. The second kappa shape index (κ2) is 4.52. The van der Waals surface area contributed by atoms with E-state index in [1.54, 1.807) is 0 Å². The molecule has 0 atom stereocenters. The fourth-order valence-corrected chi connectivity index (χ4v) is 1.44. The van der Waals surface area contributed by atoms with Gasteiger partial charge in [-0.2, -0.15) is 0 Å². The molecule has 0 aromatic heterocycles. The molecule has 1 heteroatoms. The van der Waals surface area contributed by atoms with E-state index in [1.807, 2.05) is 0 Å². The summed E-state index contributed by atoms with van der Waals surface area (Å²) in [5.74, 6) is 7.83. The van der Waals surface area contributed by atoms with Gasteiger partial charge in [0.1, 0.15) is 0 Å². The Morgan fingerprint density at radius 3 is 2.33 bits per heavy atom. The molecule has 1 rings (SSSR count). The van der Waals surface area contributed by atoms with Crippen molar-refractivity contribution in [2.45, 2.75) is 26.7 Å². The standard InChI is InChI=1S/C11H19N/c1-10(2)4-5-11-6-8-12(3)9-7-11/h10-11H,6-9H2,1-3H3. The van der Waals surface area contributed by atoms with Gasteiger partial charge in [-0.3, -0.25) is 0 Å². The van der Waals surface area contributed by atoms with E-state index in [2.05, 4.69) is 37.6 Å². The Morgan fingerprint density at radius 1 is 1.25 bits per heavy atom. The van der Waals surface area contributed by atoms with Crippen LogP contribution in [0, 0.1) is 23.7 Å². The van der Waals surface area contributed by atoms with Crippen LogP contribution in [-0.4, -0.2) is 25.0 Å². The molecule has 0 bridgehead atoms. The van der Waals surface area contributed by atoms with E-state index < -0.39 is 0 Å². The molecule has 1 nitrogen and oxygen atoms in total. The van der Waals surface area contributed by atoms with Crippen LogP contribution >= 0.6 is 0 Å². The van der Waals surface area contributed by atoms with E-state index in [1.165, 1.54) is 25.9 Å². The van der Waals surface area contributed by atoms with Crippen LogP contribution < -0.4 is 0 Å². The third-order valence-corrected chi connectivity index (χ3v) is 2.29. The predicted octanol–water partition coefficient (Wildman–Crippen LogP) is 1.99. The fourth-order valence-electron chi connectivity index (χ4n) is 1.44. The zero-order chi connectivity index (χ0) is 8.97. The summed E-state index contributed by atoms with van der Waals surface area (Å²) in [7, 11) is 2.19. The molecule has 12 heavy (non-hydrogen) atoms. The highest BCUT2D eigenvalue weighted by atomic mass is 15.1. The minimum absolute atomic E-state index is 0.532. The van der Waals surface area contributed by atoms with Crippen LogP contribution in [0.5, 0.6) is 0 Å². The highest BCUT2D eigenvalue weighted by Gasteiger charge is 2.13. The zero-order valence-corrected chi connectivity index (χ0v) is 8.43. The van der Waals surface area contributed by atoms with Gasteiger partial charge in [0.15, 0.2) is 0 Å². The number of likely N-dealkylation sites (tertiary alicyclic amines) is 1. The molecule has 1 fully saturated rings. The lowest BCUT2D eigenvalue weighted by Crippen LogP contribution is -2.29. The Kier molecular flexibility index (Phi) is 3.62. The minimum Gasteiger partial charge on any atom is -0.306 e. The van der Waals surface area contributed by atoms with Crippen molar-refractivity contribution in [3.63, 3.8) is 0 Å². The van der Waals surface area contributed by atoms with Gasteiger partial charge in [0, 0.05) is 11.8 Å². The van der Waals surface area contributed by atoms with E-state index in [0.29, 0.717) is 11.8 Å². The maximum absolute atomic E-state index is 3.36. The molecule has 0 spiro atoms. The molecule has 1 aliphatic rings. The molecule has 1 aliphatic heterocycles. The highest BCUT2D eigenvalue weighted by molar-refractivity contribution is 5.06. The number of hydrogen-bond donors (Lipinski definition) is 0. The highest BCUT2D eigenvalue weighted by Crippen LogP contribution is 2.14. The van der Waals surface area contributed by atoms with Gasteiger partial charge in [-0.05, 0) is 33.0 Å². The van der Waals surface area contributed by atoms with Crippen molar-refractivity contribution in [1.82, 2.24) is 4.90 Å². The molecule has 1 saturated heterocycles. The van der Waals surface area contributed by atoms with E-state index in [4.69, 9.17) is 0 Å². The molecule has 0 radical (unpaired) electrons. The monoisotopic (exact) mass is 165 g/mol. The summed E-state index contributed by atoms with van der Waals surface area (Å²) in [6, 6.07) is 0. The van der Waals surface area contributed by atoms with Crippen molar-refractivity contribution in [1.29, 1.82) is 0 Å². The van der Waals surface area contributed by atoms with Gasteiger partial charge in [0.25, 0.3) is 0 Å². The van der Waals surface area contributed by atoms with Crippen molar-refractivity contribution in [3.05, 3.63) is 0 Å². The number of piperidine rings is 1. The lowest BCUT2D eigenvalue weighted by atomic mass is 9.97. The quantitative estimate of drug-likeness (QED) is 0.496. The maximum Gasteiger partial charge on any atom is 0.0227 e. The van der Waals surface area contributed by atoms with Crippen molar-refractivity contribution < 1.29 is 0 Å². The van der Waals surface area contributed by atoms with Gasteiger partial charge in [0.05, 0.1) is 0 Å². The number of hydrogen-bond acceptors (Lipinski definition) is 1. The SMILES string of the molecule is CC(C)C#CC1CCN(C)CC1. The molecular formula is C11H19N. The zero-order valence-electron chi connectivity index (χ0n) is 8.43. The topological polar surface area (TPSA) is 3.24 Å². The predicted molar refractivity (Wildman–Crippen MR) is 52.8 cm³/mol. The van der Waals surface area contributed by atoms with Crippen LogP contribution in [0.1, 0.15) is 26.7 Å². The first-order valence-electron chi connectivity index (χ1n) is 4.88. The normalized spacial score (nSPS) is 20.7. The first-order valence-corrected chi connectivity index (χ1v) is 4.88. The van der Waals surface area contributed by atoms with E-state index in [-0.39, 0.29) is 0 Å². The summed E-state index contributed by atoms with van der Waals surface area (Å²) < 4.78 is 0. The van der Waals surface area contributed by atoms with E-state index in [9.17, 15) is 0 Å². The second-order valence-electron chi connectivity index (χ2n) is 4.02. The van der Waals surface area contributed by atoms with Crippen LogP contribution in [0.15, 0.2) is 0 Å². The average Bonchev–Trinajstić information content (AvgIpc) is 2.03. The Hall–Kier alpha value is -0.480.